The molecule has 2 aromatic rings. The Morgan fingerprint density at radius 3 is 2.90 bits per heavy atom. The molecule has 0 saturated carbocycles. The fraction of sp³-hybridized carbons (Fsp3) is 0.500. The summed E-state index contributed by atoms with van der Waals surface area (Å²) in [5.41, 5.74) is 1.69. The summed E-state index contributed by atoms with van der Waals surface area (Å²) >= 11 is 0. The summed E-state index contributed by atoms with van der Waals surface area (Å²) in [7, 11) is 0. The van der Waals surface area contributed by atoms with Crippen LogP contribution in [0.5, 0.6) is 0 Å². The van der Waals surface area contributed by atoms with Crippen molar-refractivity contribution in [3.63, 3.8) is 0 Å². The van der Waals surface area contributed by atoms with E-state index >= 15 is 0 Å². The first kappa shape index (κ1) is 21.0. The highest BCUT2D eigenvalue weighted by atomic mass is 16.5. The number of ether oxygens (including phenoxy) is 1. The van der Waals surface area contributed by atoms with Gasteiger partial charge < -0.3 is 15.0 Å². The molecule has 7 heteroatoms. The molecule has 1 fully saturated rings. The Labute approximate surface area is 171 Å². The number of carbonyl (C=O) groups excluding carboxylic acids is 1. The Balaban J connectivity index is 1.56. The van der Waals surface area contributed by atoms with Crippen molar-refractivity contribution in [3.05, 3.63) is 58.5 Å². The minimum Gasteiger partial charge on any atom is -0.382 e. The van der Waals surface area contributed by atoms with Crippen LogP contribution in [-0.2, 0) is 16.1 Å². The van der Waals surface area contributed by atoms with Gasteiger partial charge in [0.15, 0.2) is 0 Å². The third-order valence-corrected chi connectivity index (χ3v) is 5.16. The number of piperidine rings is 1. The number of carbonyl (C=O) groups is 1. The van der Waals surface area contributed by atoms with Crippen molar-refractivity contribution in [2.75, 3.05) is 37.7 Å². The van der Waals surface area contributed by atoms with E-state index in [1.807, 2.05) is 37.3 Å². The lowest BCUT2D eigenvalue weighted by Crippen LogP contribution is -2.44. The smallest absolute Gasteiger partial charge is 0.269 e. The molecule has 3 rings (SSSR count). The third-order valence-electron chi connectivity index (χ3n) is 5.16. The molecule has 1 aliphatic rings. The second-order valence-electron chi connectivity index (χ2n) is 7.32. The van der Waals surface area contributed by atoms with Gasteiger partial charge in [-0.05, 0) is 31.7 Å². The molecular formula is C22H30N4O3. The van der Waals surface area contributed by atoms with Crippen LogP contribution >= 0.6 is 0 Å². The summed E-state index contributed by atoms with van der Waals surface area (Å²) in [5.74, 6) is 0.0131. The van der Waals surface area contributed by atoms with Gasteiger partial charge in [-0.25, -0.2) is 4.68 Å². The highest BCUT2D eigenvalue weighted by Crippen LogP contribution is 2.21. The Morgan fingerprint density at radius 2 is 2.14 bits per heavy atom. The van der Waals surface area contributed by atoms with Crippen molar-refractivity contribution < 1.29 is 9.53 Å². The lowest BCUT2D eigenvalue weighted by molar-refractivity contribution is -0.125. The molecule has 0 spiro atoms. The standard InChI is InChI=1S/C22H30N4O3/c1-2-29-13-7-11-23-22(28)19-10-6-12-25(17-19)20-14-21(27)26(24-15-20)16-18-8-4-3-5-9-18/h3-5,8-9,14-15,19H,2,6-7,10-13,16-17H2,1H3,(H,23,28)/t19-/m1/s1. The van der Waals surface area contributed by atoms with Crippen LogP contribution in [0.4, 0.5) is 5.69 Å². The Morgan fingerprint density at radius 1 is 1.31 bits per heavy atom. The summed E-state index contributed by atoms with van der Waals surface area (Å²) in [6.07, 6.45) is 4.34. The monoisotopic (exact) mass is 398 g/mol. The van der Waals surface area contributed by atoms with Crippen LogP contribution in [0.3, 0.4) is 0 Å². The minimum atomic E-state index is -0.131. The highest BCUT2D eigenvalue weighted by Gasteiger charge is 2.26. The number of nitrogens with one attached hydrogen (secondary N) is 1. The average molecular weight is 399 g/mol. The third kappa shape index (κ3) is 6.15. The average Bonchev–Trinajstić information content (AvgIpc) is 2.76. The molecule has 156 valence electrons. The quantitative estimate of drug-likeness (QED) is 0.654. The van der Waals surface area contributed by atoms with Gasteiger partial charge in [-0.1, -0.05) is 30.3 Å². The molecule has 1 aromatic heterocycles. The molecule has 1 aromatic carbocycles. The van der Waals surface area contributed by atoms with Crippen LogP contribution in [0.1, 0.15) is 31.7 Å². The normalized spacial score (nSPS) is 16.6. The molecule has 0 radical (unpaired) electrons. The van der Waals surface area contributed by atoms with Gasteiger partial charge >= 0.3 is 0 Å². The number of aromatic nitrogens is 2. The molecule has 1 N–H and O–H groups in total. The van der Waals surface area contributed by atoms with Crippen LogP contribution in [0.2, 0.25) is 0 Å². The molecule has 1 atom stereocenters. The number of rotatable bonds is 9. The maximum Gasteiger partial charge on any atom is 0.269 e. The molecule has 2 heterocycles. The lowest BCUT2D eigenvalue weighted by Gasteiger charge is -2.33. The van der Waals surface area contributed by atoms with E-state index in [1.165, 1.54) is 4.68 Å². The van der Waals surface area contributed by atoms with Crippen molar-refractivity contribution >= 4 is 11.6 Å². The van der Waals surface area contributed by atoms with Gasteiger partial charge in [-0.3, -0.25) is 9.59 Å². The highest BCUT2D eigenvalue weighted by molar-refractivity contribution is 5.79. The van der Waals surface area contributed by atoms with Crippen molar-refractivity contribution in [1.82, 2.24) is 15.1 Å². The largest absolute Gasteiger partial charge is 0.382 e. The molecule has 0 bridgehead atoms. The second kappa shape index (κ2) is 10.8. The van der Waals surface area contributed by atoms with E-state index in [2.05, 4.69) is 15.3 Å². The lowest BCUT2D eigenvalue weighted by atomic mass is 9.97. The zero-order chi connectivity index (χ0) is 20.5. The number of amides is 1. The van der Waals surface area contributed by atoms with Gasteiger partial charge in [-0.2, -0.15) is 5.10 Å². The second-order valence-corrected chi connectivity index (χ2v) is 7.32. The van der Waals surface area contributed by atoms with Gasteiger partial charge in [0.2, 0.25) is 5.91 Å². The first-order valence-corrected chi connectivity index (χ1v) is 10.4. The van der Waals surface area contributed by atoms with E-state index < -0.39 is 0 Å². The Bertz CT molecular complexity index is 837. The van der Waals surface area contributed by atoms with Gasteiger partial charge in [0, 0.05) is 38.9 Å². The zero-order valence-corrected chi connectivity index (χ0v) is 17.0. The van der Waals surface area contributed by atoms with Gasteiger partial charge in [0.05, 0.1) is 24.3 Å². The fourth-order valence-electron chi connectivity index (χ4n) is 3.57. The summed E-state index contributed by atoms with van der Waals surface area (Å²) in [6, 6.07) is 11.4. The molecule has 29 heavy (non-hydrogen) atoms. The van der Waals surface area contributed by atoms with Crippen LogP contribution < -0.4 is 15.8 Å². The molecule has 1 amide bonds. The fourth-order valence-corrected chi connectivity index (χ4v) is 3.57. The summed E-state index contributed by atoms with van der Waals surface area (Å²) < 4.78 is 6.76. The van der Waals surface area contributed by atoms with Crippen molar-refractivity contribution in [1.29, 1.82) is 0 Å². The Kier molecular flexibility index (Phi) is 7.81. The Hall–Kier alpha value is -2.67. The predicted octanol–water partition coefficient (Wildman–Crippen LogP) is 2.05. The summed E-state index contributed by atoms with van der Waals surface area (Å²) in [6.45, 7) is 5.85. The van der Waals surface area contributed by atoms with Gasteiger partial charge in [-0.15, -0.1) is 0 Å². The number of hydrogen-bond acceptors (Lipinski definition) is 5. The number of nitrogens with zero attached hydrogens (tertiary/aromatic N) is 3. The van der Waals surface area contributed by atoms with E-state index in [-0.39, 0.29) is 17.4 Å². The van der Waals surface area contributed by atoms with E-state index in [9.17, 15) is 9.59 Å². The van der Waals surface area contributed by atoms with Crippen LogP contribution in [0.15, 0.2) is 47.4 Å². The van der Waals surface area contributed by atoms with Crippen molar-refractivity contribution in [3.8, 4) is 0 Å². The van der Waals surface area contributed by atoms with Crippen molar-refractivity contribution in [2.24, 2.45) is 5.92 Å². The van der Waals surface area contributed by atoms with E-state index in [0.717, 1.165) is 37.1 Å². The number of hydrogen-bond donors (Lipinski definition) is 1. The maximum atomic E-state index is 12.5. The molecule has 1 saturated heterocycles. The topological polar surface area (TPSA) is 76.5 Å². The van der Waals surface area contributed by atoms with E-state index in [0.29, 0.717) is 32.8 Å². The maximum absolute atomic E-state index is 12.5. The summed E-state index contributed by atoms with van der Waals surface area (Å²) in [5, 5.41) is 7.35. The molecule has 1 aliphatic heterocycles. The first-order valence-electron chi connectivity index (χ1n) is 10.4. The SMILES string of the molecule is CCOCCCNC(=O)[C@@H]1CCCN(c2cnn(Cc3ccccc3)c(=O)c2)C1. The van der Waals surface area contributed by atoms with Crippen LogP contribution in [0.25, 0.3) is 0 Å². The molecule has 0 aliphatic carbocycles. The zero-order valence-electron chi connectivity index (χ0n) is 17.0. The molecular weight excluding hydrogens is 368 g/mol. The van der Waals surface area contributed by atoms with Gasteiger partial charge in [0.1, 0.15) is 0 Å². The van der Waals surface area contributed by atoms with E-state index in [4.69, 9.17) is 4.74 Å². The van der Waals surface area contributed by atoms with Crippen molar-refractivity contribution in [2.45, 2.75) is 32.7 Å². The number of anilines is 1. The van der Waals surface area contributed by atoms with Gasteiger partial charge in [0.25, 0.3) is 5.56 Å². The molecule has 7 nitrogen and oxygen atoms in total. The van der Waals surface area contributed by atoms with Crippen LogP contribution in [-0.4, -0.2) is 48.5 Å². The van der Waals surface area contributed by atoms with Crippen LogP contribution in [0, 0.1) is 5.92 Å². The first-order chi connectivity index (χ1) is 14.2. The predicted molar refractivity (Wildman–Crippen MR) is 113 cm³/mol. The molecule has 0 unspecified atom stereocenters. The summed E-state index contributed by atoms with van der Waals surface area (Å²) in [4.78, 5) is 27.1. The number of benzene rings is 1. The van der Waals surface area contributed by atoms with E-state index in [1.54, 1.807) is 12.3 Å². The minimum absolute atomic E-state index is 0.0670.